The molecule has 0 saturated heterocycles. The lowest BCUT2D eigenvalue weighted by Crippen LogP contribution is -1.98. The van der Waals surface area contributed by atoms with E-state index in [1.807, 2.05) is 6.92 Å². The van der Waals surface area contributed by atoms with E-state index in [9.17, 15) is 4.39 Å². The van der Waals surface area contributed by atoms with Gasteiger partial charge in [0.15, 0.2) is 0 Å². The lowest BCUT2D eigenvalue weighted by Gasteiger charge is -2.01. The minimum absolute atomic E-state index is 0.292. The summed E-state index contributed by atoms with van der Waals surface area (Å²) in [6.07, 6.45) is 1.71. The number of rotatable bonds is 3. The van der Waals surface area contributed by atoms with Crippen molar-refractivity contribution in [3.05, 3.63) is 40.9 Å². The molecule has 0 atom stereocenters. The summed E-state index contributed by atoms with van der Waals surface area (Å²) in [5.41, 5.74) is 1.43. The number of hydrogen-bond donors (Lipinski definition) is 1. The first kappa shape index (κ1) is 12.7. The van der Waals surface area contributed by atoms with Gasteiger partial charge < -0.3 is 0 Å². The number of hydrogen-bond acceptors (Lipinski definition) is 4. The van der Waals surface area contributed by atoms with Crippen molar-refractivity contribution in [3.63, 3.8) is 0 Å². The van der Waals surface area contributed by atoms with E-state index in [0.717, 1.165) is 5.69 Å². The molecule has 0 fully saturated rings. The minimum Gasteiger partial charge on any atom is -0.299 e. The van der Waals surface area contributed by atoms with Crippen molar-refractivity contribution < 1.29 is 4.39 Å². The summed E-state index contributed by atoms with van der Waals surface area (Å²) < 4.78 is 15.1. The molecule has 0 radical (unpaired) electrons. The SMILES string of the molecule is CCn1nnc(-c2c[nH]n(-c3ccc(F)cc3)c2=S)n1. The van der Waals surface area contributed by atoms with E-state index in [1.54, 1.807) is 23.0 Å². The van der Waals surface area contributed by atoms with Gasteiger partial charge in [-0.05, 0) is 36.4 Å². The van der Waals surface area contributed by atoms with Crippen LogP contribution in [0.4, 0.5) is 4.39 Å². The van der Waals surface area contributed by atoms with E-state index >= 15 is 0 Å². The molecule has 0 spiro atoms. The molecule has 0 unspecified atom stereocenters. The molecular formula is C12H11FN6S. The lowest BCUT2D eigenvalue weighted by molar-refractivity contribution is 0.553. The Balaban J connectivity index is 2.04. The molecular weight excluding hydrogens is 279 g/mol. The highest BCUT2D eigenvalue weighted by Crippen LogP contribution is 2.18. The predicted molar refractivity (Wildman–Crippen MR) is 73.4 cm³/mol. The van der Waals surface area contributed by atoms with Crippen LogP contribution in [0.2, 0.25) is 0 Å². The van der Waals surface area contributed by atoms with Gasteiger partial charge in [-0.25, -0.2) is 9.07 Å². The molecule has 2 aromatic heterocycles. The molecule has 0 aliphatic heterocycles. The Morgan fingerprint density at radius 1 is 1.30 bits per heavy atom. The Hall–Kier alpha value is -2.35. The first-order valence-electron chi connectivity index (χ1n) is 6.03. The smallest absolute Gasteiger partial charge is 0.209 e. The van der Waals surface area contributed by atoms with Crippen molar-refractivity contribution >= 4 is 12.2 Å². The number of aryl methyl sites for hydroxylation is 1. The summed E-state index contributed by atoms with van der Waals surface area (Å²) >= 11 is 5.39. The van der Waals surface area contributed by atoms with Crippen LogP contribution in [0.15, 0.2) is 30.5 Å². The van der Waals surface area contributed by atoms with E-state index in [1.165, 1.54) is 16.9 Å². The average molecular weight is 290 g/mol. The summed E-state index contributed by atoms with van der Waals surface area (Å²) in [4.78, 5) is 1.49. The van der Waals surface area contributed by atoms with Gasteiger partial charge >= 0.3 is 0 Å². The summed E-state index contributed by atoms with van der Waals surface area (Å²) in [7, 11) is 0. The monoisotopic (exact) mass is 290 g/mol. The van der Waals surface area contributed by atoms with Crippen molar-refractivity contribution in [3.8, 4) is 17.1 Å². The predicted octanol–water partition coefficient (Wildman–Crippen LogP) is 2.35. The van der Waals surface area contributed by atoms with Gasteiger partial charge in [0, 0.05) is 6.20 Å². The highest BCUT2D eigenvalue weighted by molar-refractivity contribution is 7.71. The van der Waals surface area contributed by atoms with Crippen LogP contribution in [-0.2, 0) is 6.54 Å². The van der Waals surface area contributed by atoms with Gasteiger partial charge in [0.2, 0.25) is 5.82 Å². The third kappa shape index (κ3) is 2.14. The van der Waals surface area contributed by atoms with Crippen molar-refractivity contribution in [2.45, 2.75) is 13.5 Å². The molecule has 1 N–H and O–H groups in total. The average Bonchev–Trinajstić information content (AvgIpc) is 3.06. The zero-order chi connectivity index (χ0) is 14.1. The van der Waals surface area contributed by atoms with Crippen LogP contribution in [0.1, 0.15) is 6.92 Å². The zero-order valence-electron chi connectivity index (χ0n) is 10.6. The van der Waals surface area contributed by atoms with Crippen LogP contribution in [0.25, 0.3) is 17.1 Å². The Bertz CT molecular complexity index is 785. The van der Waals surface area contributed by atoms with Gasteiger partial charge in [-0.15, -0.1) is 10.2 Å². The number of tetrazole rings is 1. The topological polar surface area (TPSA) is 64.3 Å². The van der Waals surface area contributed by atoms with E-state index in [0.29, 0.717) is 22.6 Å². The second-order valence-corrected chi connectivity index (χ2v) is 4.49. The molecule has 0 aliphatic rings. The number of nitrogens with zero attached hydrogens (tertiary/aromatic N) is 5. The Morgan fingerprint density at radius 2 is 2.05 bits per heavy atom. The molecule has 2 heterocycles. The summed E-state index contributed by atoms with van der Waals surface area (Å²) in [5.74, 6) is 0.175. The largest absolute Gasteiger partial charge is 0.299 e. The standard InChI is InChI=1S/C12H11FN6S/c1-2-18-16-11(15-17-18)10-7-14-19(12(10)20)9-5-3-8(13)4-6-9/h3-7,14H,2H2,1H3. The zero-order valence-corrected chi connectivity index (χ0v) is 11.4. The van der Waals surface area contributed by atoms with Gasteiger partial charge in [-0.2, -0.15) is 4.80 Å². The van der Waals surface area contributed by atoms with Crippen molar-refractivity contribution in [1.82, 2.24) is 30.0 Å². The van der Waals surface area contributed by atoms with Crippen LogP contribution in [-0.4, -0.2) is 30.0 Å². The van der Waals surface area contributed by atoms with Crippen LogP contribution < -0.4 is 0 Å². The molecule has 8 heteroatoms. The molecule has 0 aliphatic carbocycles. The molecule has 1 aromatic carbocycles. The second-order valence-electron chi connectivity index (χ2n) is 4.11. The lowest BCUT2D eigenvalue weighted by atomic mass is 10.3. The number of H-pyrrole nitrogens is 1. The van der Waals surface area contributed by atoms with E-state index < -0.39 is 0 Å². The fourth-order valence-corrected chi connectivity index (χ4v) is 2.11. The van der Waals surface area contributed by atoms with Crippen LogP contribution >= 0.6 is 12.2 Å². The van der Waals surface area contributed by atoms with Crippen LogP contribution in [0.3, 0.4) is 0 Å². The summed E-state index contributed by atoms with van der Waals surface area (Å²) in [6, 6.07) is 6.04. The Morgan fingerprint density at radius 3 is 2.70 bits per heavy atom. The first-order chi connectivity index (χ1) is 9.69. The van der Waals surface area contributed by atoms with Gasteiger partial charge in [0.05, 0.1) is 17.8 Å². The quantitative estimate of drug-likeness (QED) is 0.752. The van der Waals surface area contributed by atoms with E-state index in [2.05, 4.69) is 20.5 Å². The summed E-state index contributed by atoms with van der Waals surface area (Å²) in [6.45, 7) is 2.57. The highest BCUT2D eigenvalue weighted by Gasteiger charge is 2.11. The van der Waals surface area contributed by atoms with Crippen LogP contribution in [0.5, 0.6) is 0 Å². The van der Waals surface area contributed by atoms with Gasteiger partial charge in [-0.3, -0.25) is 5.10 Å². The van der Waals surface area contributed by atoms with Gasteiger partial charge in [-0.1, -0.05) is 12.2 Å². The normalized spacial score (nSPS) is 10.9. The number of aromatic amines is 1. The molecule has 102 valence electrons. The molecule has 20 heavy (non-hydrogen) atoms. The van der Waals surface area contributed by atoms with Crippen LogP contribution in [0, 0.1) is 10.5 Å². The fraction of sp³-hybridized carbons (Fsp3) is 0.167. The molecule has 3 rings (SSSR count). The third-order valence-electron chi connectivity index (χ3n) is 2.83. The van der Waals surface area contributed by atoms with Crippen molar-refractivity contribution in [2.24, 2.45) is 0 Å². The number of aromatic nitrogens is 6. The number of benzene rings is 1. The van der Waals surface area contributed by atoms with Crippen molar-refractivity contribution in [2.75, 3.05) is 0 Å². The van der Waals surface area contributed by atoms with Gasteiger partial charge in [0.1, 0.15) is 10.5 Å². The first-order valence-corrected chi connectivity index (χ1v) is 6.44. The Labute approximate surface area is 118 Å². The summed E-state index contributed by atoms with van der Waals surface area (Å²) in [5, 5.41) is 15.1. The number of nitrogens with one attached hydrogen (secondary N) is 1. The van der Waals surface area contributed by atoms with E-state index in [-0.39, 0.29) is 5.82 Å². The fourth-order valence-electron chi connectivity index (χ4n) is 1.80. The van der Waals surface area contributed by atoms with Gasteiger partial charge in [0.25, 0.3) is 0 Å². The van der Waals surface area contributed by atoms with Crippen molar-refractivity contribution in [1.29, 1.82) is 0 Å². The maximum atomic E-state index is 12.9. The molecule has 0 bridgehead atoms. The Kier molecular flexibility index (Phi) is 3.15. The molecule has 6 nitrogen and oxygen atoms in total. The molecule has 0 amide bonds. The number of halogens is 1. The third-order valence-corrected chi connectivity index (χ3v) is 3.24. The maximum Gasteiger partial charge on any atom is 0.209 e. The molecule has 3 aromatic rings. The second kappa shape index (κ2) is 4.97. The maximum absolute atomic E-state index is 12.9. The van der Waals surface area contributed by atoms with E-state index in [4.69, 9.17) is 12.2 Å². The highest BCUT2D eigenvalue weighted by atomic mass is 32.1. The minimum atomic E-state index is -0.292. The molecule has 0 saturated carbocycles.